The van der Waals surface area contributed by atoms with Gasteiger partial charge in [-0.05, 0) is 41.7 Å². The standard InChI is InChI=1S/C18H19NO2/c1-20-17-10-14-9-16(8-13-6-4-3-5-7-13)19-12-15(14)11-18(17)21-2/h3-7,10-12,16H,8-9H2,1-2H3/t16-/m0/s1. The minimum Gasteiger partial charge on any atom is -0.493 e. The molecule has 3 nitrogen and oxygen atoms in total. The molecule has 3 heteroatoms. The Morgan fingerprint density at radius 2 is 1.76 bits per heavy atom. The number of methoxy groups -OCH3 is 2. The summed E-state index contributed by atoms with van der Waals surface area (Å²) in [5.74, 6) is 1.54. The zero-order valence-corrected chi connectivity index (χ0v) is 12.4. The van der Waals surface area contributed by atoms with Crippen LogP contribution in [-0.4, -0.2) is 26.5 Å². The molecule has 0 bridgehead atoms. The fourth-order valence-corrected chi connectivity index (χ4v) is 2.74. The molecule has 1 aliphatic rings. The van der Waals surface area contributed by atoms with Crippen molar-refractivity contribution in [1.82, 2.24) is 0 Å². The Morgan fingerprint density at radius 1 is 1.05 bits per heavy atom. The third-order valence-electron chi connectivity index (χ3n) is 3.84. The number of benzene rings is 2. The largest absolute Gasteiger partial charge is 0.493 e. The quantitative estimate of drug-likeness (QED) is 0.861. The van der Waals surface area contributed by atoms with Gasteiger partial charge in [-0.15, -0.1) is 0 Å². The number of fused-ring (bicyclic) bond motifs is 1. The topological polar surface area (TPSA) is 30.8 Å². The van der Waals surface area contributed by atoms with E-state index >= 15 is 0 Å². The first kappa shape index (κ1) is 13.7. The minimum absolute atomic E-state index is 0.290. The summed E-state index contributed by atoms with van der Waals surface area (Å²) in [5.41, 5.74) is 3.71. The molecular weight excluding hydrogens is 262 g/mol. The number of rotatable bonds is 4. The molecular formula is C18H19NO2. The molecule has 21 heavy (non-hydrogen) atoms. The number of hydrogen-bond acceptors (Lipinski definition) is 3. The Balaban J connectivity index is 1.82. The van der Waals surface area contributed by atoms with E-state index in [2.05, 4.69) is 35.3 Å². The van der Waals surface area contributed by atoms with Gasteiger partial charge in [0, 0.05) is 6.21 Å². The maximum absolute atomic E-state index is 5.39. The molecule has 0 fully saturated rings. The van der Waals surface area contributed by atoms with E-state index in [1.807, 2.05) is 18.3 Å². The lowest BCUT2D eigenvalue weighted by Gasteiger charge is -2.20. The van der Waals surface area contributed by atoms with Crippen LogP contribution >= 0.6 is 0 Å². The fraction of sp³-hybridized carbons (Fsp3) is 0.278. The van der Waals surface area contributed by atoms with Crippen LogP contribution in [0.15, 0.2) is 47.5 Å². The van der Waals surface area contributed by atoms with Crippen LogP contribution in [0.1, 0.15) is 16.7 Å². The highest BCUT2D eigenvalue weighted by Crippen LogP contribution is 2.32. The van der Waals surface area contributed by atoms with Gasteiger partial charge in [0.25, 0.3) is 0 Å². The summed E-state index contributed by atoms with van der Waals surface area (Å²) in [6.45, 7) is 0. The Hall–Kier alpha value is -2.29. The van der Waals surface area contributed by atoms with Gasteiger partial charge in [0.15, 0.2) is 11.5 Å². The van der Waals surface area contributed by atoms with Crippen molar-refractivity contribution in [3.05, 3.63) is 59.2 Å². The lowest BCUT2D eigenvalue weighted by molar-refractivity contribution is 0.354. The normalized spacial score (nSPS) is 16.4. The van der Waals surface area contributed by atoms with Crippen LogP contribution in [0.3, 0.4) is 0 Å². The van der Waals surface area contributed by atoms with Crippen molar-refractivity contribution in [3.63, 3.8) is 0 Å². The van der Waals surface area contributed by atoms with E-state index in [9.17, 15) is 0 Å². The molecule has 1 heterocycles. The summed E-state index contributed by atoms with van der Waals surface area (Å²) in [4.78, 5) is 4.68. The molecule has 3 rings (SSSR count). The van der Waals surface area contributed by atoms with Gasteiger partial charge in [0.05, 0.1) is 20.3 Å². The highest BCUT2D eigenvalue weighted by molar-refractivity contribution is 5.84. The molecule has 2 aromatic rings. The van der Waals surface area contributed by atoms with Crippen molar-refractivity contribution < 1.29 is 9.47 Å². The molecule has 1 aliphatic heterocycles. The van der Waals surface area contributed by atoms with E-state index < -0.39 is 0 Å². The third kappa shape index (κ3) is 2.92. The van der Waals surface area contributed by atoms with Crippen molar-refractivity contribution in [3.8, 4) is 11.5 Å². The maximum Gasteiger partial charge on any atom is 0.161 e. The predicted molar refractivity (Wildman–Crippen MR) is 84.8 cm³/mol. The summed E-state index contributed by atoms with van der Waals surface area (Å²) in [7, 11) is 3.32. The summed E-state index contributed by atoms with van der Waals surface area (Å²) in [6.07, 6.45) is 3.85. The van der Waals surface area contributed by atoms with Gasteiger partial charge >= 0.3 is 0 Å². The molecule has 1 atom stereocenters. The van der Waals surface area contributed by atoms with Gasteiger partial charge in [-0.2, -0.15) is 0 Å². The maximum atomic E-state index is 5.39. The monoisotopic (exact) mass is 281 g/mol. The molecule has 0 aliphatic carbocycles. The summed E-state index contributed by atoms with van der Waals surface area (Å²) in [5, 5.41) is 0. The number of hydrogen-bond donors (Lipinski definition) is 0. The summed E-state index contributed by atoms with van der Waals surface area (Å²) >= 11 is 0. The van der Waals surface area contributed by atoms with Crippen LogP contribution in [0.25, 0.3) is 0 Å². The second-order valence-electron chi connectivity index (χ2n) is 5.23. The van der Waals surface area contributed by atoms with Crippen LogP contribution in [0.5, 0.6) is 11.5 Å². The molecule has 0 radical (unpaired) electrons. The zero-order chi connectivity index (χ0) is 14.7. The molecule has 0 unspecified atom stereocenters. The van der Waals surface area contributed by atoms with Gasteiger partial charge in [-0.1, -0.05) is 30.3 Å². The molecule has 0 amide bonds. The Morgan fingerprint density at radius 3 is 2.48 bits per heavy atom. The molecule has 0 spiro atoms. The SMILES string of the molecule is COc1cc2c(cc1OC)C[C@H](Cc1ccccc1)N=C2. The van der Waals surface area contributed by atoms with E-state index in [-0.39, 0.29) is 6.04 Å². The van der Waals surface area contributed by atoms with E-state index in [1.165, 1.54) is 11.1 Å². The Kier molecular flexibility index (Phi) is 3.91. The zero-order valence-electron chi connectivity index (χ0n) is 12.4. The predicted octanol–water partition coefficient (Wildman–Crippen LogP) is 3.29. The van der Waals surface area contributed by atoms with Gasteiger partial charge in [0.1, 0.15) is 0 Å². The molecule has 0 aromatic heterocycles. The van der Waals surface area contributed by atoms with Gasteiger partial charge in [0.2, 0.25) is 0 Å². The first-order valence-electron chi connectivity index (χ1n) is 7.12. The van der Waals surface area contributed by atoms with Crippen LogP contribution in [0.2, 0.25) is 0 Å². The summed E-state index contributed by atoms with van der Waals surface area (Å²) < 4.78 is 10.7. The van der Waals surface area contributed by atoms with E-state index in [0.29, 0.717) is 0 Å². The lowest BCUT2D eigenvalue weighted by Crippen LogP contribution is -2.18. The lowest BCUT2D eigenvalue weighted by atomic mass is 9.93. The van der Waals surface area contributed by atoms with E-state index in [0.717, 1.165) is 29.9 Å². The molecule has 0 N–H and O–H groups in total. The fourth-order valence-electron chi connectivity index (χ4n) is 2.74. The molecule has 2 aromatic carbocycles. The van der Waals surface area contributed by atoms with Crippen molar-refractivity contribution in [1.29, 1.82) is 0 Å². The molecule has 108 valence electrons. The average Bonchev–Trinajstić information content (AvgIpc) is 2.54. The van der Waals surface area contributed by atoms with E-state index in [1.54, 1.807) is 14.2 Å². The van der Waals surface area contributed by atoms with Crippen LogP contribution < -0.4 is 9.47 Å². The summed E-state index contributed by atoms with van der Waals surface area (Å²) in [6, 6.07) is 14.8. The Bertz CT molecular complexity index is 650. The molecule has 0 saturated heterocycles. The van der Waals surface area contributed by atoms with Crippen molar-refractivity contribution >= 4 is 6.21 Å². The number of nitrogens with zero attached hydrogens (tertiary/aromatic N) is 1. The first-order valence-corrected chi connectivity index (χ1v) is 7.12. The third-order valence-corrected chi connectivity index (χ3v) is 3.84. The van der Waals surface area contributed by atoms with Crippen LogP contribution in [0.4, 0.5) is 0 Å². The van der Waals surface area contributed by atoms with Crippen molar-refractivity contribution in [2.45, 2.75) is 18.9 Å². The van der Waals surface area contributed by atoms with Crippen molar-refractivity contribution in [2.75, 3.05) is 14.2 Å². The highest BCUT2D eigenvalue weighted by atomic mass is 16.5. The smallest absolute Gasteiger partial charge is 0.161 e. The van der Waals surface area contributed by atoms with Crippen molar-refractivity contribution in [2.24, 2.45) is 4.99 Å². The first-order chi connectivity index (χ1) is 10.3. The Labute approximate surface area is 125 Å². The number of aliphatic imine (C=N–C) groups is 1. The number of ether oxygens (including phenoxy) is 2. The van der Waals surface area contributed by atoms with Crippen LogP contribution in [0, 0.1) is 0 Å². The van der Waals surface area contributed by atoms with Gasteiger partial charge in [-0.25, -0.2) is 0 Å². The second-order valence-corrected chi connectivity index (χ2v) is 5.23. The van der Waals surface area contributed by atoms with Gasteiger partial charge in [-0.3, -0.25) is 4.99 Å². The highest BCUT2D eigenvalue weighted by Gasteiger charge is 2.18. The molecule has 0 saturated carbocycles. The second kappa shape index (κ2) is 6.00. The van der Waals surface area contributed by atoms with Crippen LogP contribution in [-0.2, 0) is 12.8 Å². The van der Waals surface area contributed by atoms with Gasteiger partial charge < -0.3 is 9.47 Å². The average molecular weight is 281 g/mol. The van der Waals surface area contributed by atoms with E-state index in [4.69, 9.17) is 9.47 Å². The minimum atomic E-state index is 0.290.